The maximum atomic E-state index is 12.4. The summed E-state index contributed by atoms with van der Waals surface area (Å²) in [6.07, 6.45) is 7.64. The Kier molecular flexibility index (Phi) is 6.65. The average Bonchev–Trinajstić information content (AvgIpc) is 3.18. The molecule has 1 unspecified atom stereocenters. The van der Waals surface area contributed by atoms with Gasteiger partial charge in [-0.05, 0) is 75.7 Å². The number of hydrogen-bond acceptors (Lipinski definition) is 4. The summed E-state index contributed by atoms with van der Waals surface area (Å²) >= 11 is 0. The zero-order chi connectivity index (χ0) is 19.3. The van der Waals surface area contributed by atoms with Gasteiger partial charge in [-0.3, -0.25) is 14.6 Å². The molecule has 2 heterocycles. The molecule has 28 heavy (non-hydrogen) atoms. The van der Waals surface area contributed by atoms with Gasteiger partial charge in [0.1, 0.15) is 0 Å². The molecule has 1 aromatic rings. The second-order valence-corrected chi connectivity index (χ2v) is 8.80. The number of nitrogens with zero attached hydrogens (tertiary/aromatic N) is 2. The van der Waals surface area contributed by atoms with Crippen LogP contribution in [0.1, 0.15) is 43.2 Å². The maximum absolute atomic E-state index is 12.4. The number of carbonyl (C=O) groups excluding carboxylic acids is 1. The highest BCUT2D eigenvalue weighted by atomic mass is 16.3. The normalized spacial score (nSPS) is 25.0. The van der Waals surface area contributed by atoms with Crippen LogP contribution in [0.3, 0.4) is 0 Å². The lowest BCUT2D eigenvalue weighted by Gasteiger charge is -2.43. The van der Waals surface area contributed by atoms with Gasteiger partial charge >= 0.3 is 0 Å². The van der Waals surface area contributed by atoms with Crippen LogP contribution in [0.2, 0.25) is 0 Å². The third-order valence-electron chi connectivity index (χ3n) is 7.02. The quantitative estimate of drug-likeness (QED) is 0.734. The Morgan fingerprint density at radius 2 is 1.71 bits per heavy atom. The monoisotopic (exact) mass is 385 g/mol. The number of aliphatic hydroxyl groups excluding tert-OH is 1. The SMILES string of the molecule is O=C(NCCCO)C1CCCN(C2CCN(C3Cc4ccccc4C3)CC2)C1. The molecular formula is C23H35N3O2. The topological polar surface area (TPSA) is 55.8 Å². The van der Waals surface area contributed by atoms with Crippen LogP contribution in [0, 0.1) is 5.92 Å². The fourth-order valence-corrected chi connectivity index (χ4v) is 5.40. The van der Waals surface area contributed by atoms with E-state index >= 15 is 0 Å². The molecule has 154 valence electrons. The standard InChI is InChI=1S/C23H35N3O2/c27-14-4-10-24-23(28)20-7-3-11-26(17-20)21-8-12-25(13-9-21)22-15-18-5-1-2-6-19(18)16-22/h1-2,5-6,20-22,27H,3-4,7-17H2,(H,24,28). The summed E-state index contributed by atoms with van der Waals surface area (Å²) < 4.78 is 0. The van der Waals surface area contributed by atoms with E-state index in [4.69, 9.17) is 5.11 Å². The lowest BCUT2D eigenvalue weighted by atomic mass is 9.92. The summed E-state index contributed by atoms with van der Waals surface area (Å²) in [4.78, 5) is 17.7. The molecule has 0 aromatic heterocycles. The van der Waals surface area contributed by atoms with E-state index in [-0.39, 0.29) is 18.4 Å². The molecule has 1 aromatic carbocycles. The first-order valence-corrected chi connectivity index (χ1v) is 11.2. The summed E-state index contributed by atoms with van der Waals surface area (Å²) in [6, 6.07) is 10.2. The van der Waals surface area contributed by atoms with Gasteiger partial charge in [0.15, 0.2) is 0 Å². The van der Waals surface area contributed by atoms with E-state index in [1.165, 1.54) is 38.8 Å². The van der Waals surface area contributed by atoms with E-state index in [1.807, 2.05) is 0 Å². The molecule has 2 N–H and O–H groups in total. The summed E-state index contributed by atoms with van der Waals surface area (Å²) in [5.41, 5.74) is 3.08. The molecule has 5 nitrogen and oxygen atoms in total. The Morgan fingerprint density at radius 1 is 1.00 bits per heavy atom. The van der Waals surface area contributed by atoms with Crippen LogP contribution in [-0.4, -0.2) is 72.2 Å². The first kappa shape index (κ1) is 19.9. The summed E-state index contributed by atoms with van der Waals surface area (Å²) in [5.74, 6) is 0.300. The third-order valence-corrected chi connectivity index (χ3v) is 7.02. The second-order valence-electron chi connectivity index (χ2n) is 8.80. The molecule has 1 aliphatic carbocycles. The van der Waals surface area contributed by atoms with E-state index in [2.05, 4.69) is 39.4 Å². The number of amides is 1. The molecule has 0 radical (unpaired) electrons. The predicted octanol–water partition coefficient (Wildman–Crippen LogP) is 1.83. The molecule has 1 atom stereocenters. The Morgan fingerprint density at radius 3 is 2.39 bits per heavy atom. The average molecular weight is 386 g/mol. The second kappa shape index (κ2) is 9.38. The van der Waals surface area contributed by atoms with Gasteiger partial charge in [-0.1, -0.05) is 24.3 Å². The maximum Gasteiger partial charge on any atom is 0.224 e. The highest BCUT2D eigenvalue weighted by molar-refractivity contribution is 5.78. The van der Waals surface area contributed by atoms with Crippen molar-refractivity contribution in [2.24, 2.45) is 5.92 Å². The van der Waals surface area contributed by atoms with Crippen LogP contribution in [0.5, 0.6) is 0 Å². The van der Waals surface area contributed by atoms with Crippen molar-refractivity contribution in [2.45, 2.75) is 57.0 Å². The minimum atomic E-state index is 0.120. The zero-order valence-electron chi connectivity index (χ0n) is 17.0. The molecule has 2 saturated heterocycles. The van der Waals surface area contributed by atoms with Gasteiger partial charge in [-0.2, -0.15) is 0 Å². The Hall–Kier alpha value is -1.43. The van der Waals surface area contributed by atoms with Crippen molar-refractivity contribution >= 4 is 5.91 Å². The van der Waals surface area contributed by atoms with E-state index in [1.54, 1.807) is 11.1 Å². The smallest absolute Gasteiger partial charge is 0.224 e. The highest BCUT2D eigenvalue weighted by Gasteiger charge is 2.34. The molecule has 3 aliphatic rings. The van der Waals surface area contributed by atoms with Crippen molar-refractivity contribution in [1.29, 1.82) is 0 Å². The van der Waals surface area contributed by atoms with Crippen LogP contribution < -0.4 is 5.32 Å². The van der Waals surface area contributed by atoms with Gasteiger partial charge in [0.05, 0.1) is 5.92 Å². The number of fused-ring (bicyclic) bond motifs is 1. The van der Waals surface area contributed by atoms with Crippen LogP contribution in [0.4, 0.5) is 0 Å². The van der Waals surface area contributed by atoms with Gasteiger partial charge < -0.3 is 10.4 Å². The molecular weight excluding hydrogens is 350 g/mol. The molecule has 1 amide bonds. The third kappa shape index (κ3) is 4.58. The van der Waals surface area contributed by atoms with E-state index < -0.39 is 0 Å². The number of rotatable bonds is 6. The number of carbonyl (C=O) groups is 1. The fraction of sp³-hybridized carbons (Fsp3) is 0.696. The van der Waals surface area contributed by atoms with Gasteiger partial charge in [-0.25, -0.2) is 0 Å². The number of likely N-dealkylation sites (tertiary alicyclic amines) is 2. The van der Waals surface area contributed by atoms with Crippen molar-refractivity contribution in [1.82, 2.24) is 15.1 Å². The summed E-state index contributed by atoms with van der Waals surface area (Å²) in [7, 11) is 0. The number of aliphatic hydroxyl groups is 1. The van der Waals surface area contributed by atoms with Crippen molar-refractivity contribution < 1.29 is 9.90 Å². The van der Waals surface area contributed by atoms with Crippen LogP contribution in [0.25, 0.3) is 0 Å². The van der Waals surface area contributed by atoms with E-state index in [9.17, 15) is 4.79 Å². The Labute approximate surface area is 169 Å². The lowest BCUT2D eigenvalue weighted by molar-refractivity contribution is -0.127. The van der Waals surface area contributed by atoms with Gasteiger partial charge in [0.2, 0.25) is 5.91 Å². The summed E-state index contributed by atoms with van der Waals surface area (Å²) in [5, 5.41) is 11.9. The van der Waals surface area contributed by atoms with Crippen molar-refractivity contribution in [3.8, 4) is 0 Å². The zero-order valence-corrected chi connectivity index (χ0v) is 17.0. The van der Waals surface area contributed by atoms with Crippen LogP contribution in [-0.2, 0) is 17.6 Å². The molecule has 2 fully saturated rings. The number of benzene rings is 1. The summed E-state index contributed by atoms with van der Waals surface area (Å²) in [6.45, 7) is 5.15. The lowest BCUT2D eigenvalue weighted by Crippen LogP contribution is -2.52. The fourth-order valence-electron chi connectivity index (χ4n) is 5.40. The van der Waals surface area contributed by atoms with Crippen LogP contribution >= 0.6 is 0 Å². The van der Waals surface area contributed by atoms with Gasteiger partial charge in [-0.15, -0.1) is 0 Å². The molecule has 2 aliphatic heterocycles. The molecule has 0 saturated carbocycles. The predicted molar refractivity (Wildman–Crippen MR) is 111 cm³/mol. The van der Waals surface area contributed by atoms with Crippen molar-refractivity contribution in [3.63, 3.8) is 0 Å². The Balaban J connectivity index is 1.24. The highest BCUT2D eigenvalue weighted by Crippen LogP contribution is 2.29. The number of hydrogen-bond donors (Lipinski definition) is 2. The van der Waals surface area contributed by atoms with E-state index in [0.717, 1.165) is 25.9 Å². The Bertz CT molecular complexity index is 632. The minimum absolute atomic E-state index is 0.120. The van der Waals surface area contributed by atoms with Crippen molar-refractivity contribution in [3.05, 3.63) is 35.4 Å². The molecule has 0 bridgehead atoms. The van der Waals surface area contributed by atoms with Gasteiger partial charge in [0.25, 0.3) is 0 Å². The van der Waals surface area contributed by atoms with Gasteiger partial charge in [0, 0.05) is 31.8 Å². The minimum Gasteiger partial charge on any atom is -0.396 e. The number of piperidine rings is 2. The largest absolute Gasteiger partial charge is 0.396 e. The van der Waals surface area contributed by atoms with E-state index in [0.29, 0.717) is 25.0 Å². The first-order chi connectivity index (χ1) is 13.7. The van der Waals surface area contributed by atoms with Crippen molar-refractivity contribution in [2.75, 3.05) is 39.3 Å². The molecule has 5 heteroatoms. The van der Waals surface area contributed by atoms with Crippen LogP contribution in [0.15, 0.2) is 24.3 Å². The molecule has 4 rings (SSSR count). The first-order valence-electron chi connectivity index (χ1n) is 11.2. The molecule has 0 spiro atoms. The number of nitrogens with one attached hydrogen (secondary N) is 1.